The minimum absolute atomic E-state index is 0.986. The molecule has 0 aliphatic rings. The summed E-state index contributed by atoms with van der Waals surface area (Å²) in [6, 6.07) is 0. The van der Waals surface area contributed by atoms with Gasteiger partial charge >= 0.3 is 62.7 Å². The van der Waals surface area contributed by atoms with Crippen molar-refractivity contribution in [3.63, 3.8) is 0 Å². The molecular weight excluding hydrogens is 175 g/mol. The van der Waals surface area contributed by atoms with Crippen LogP contribution in [0, 0.1) is 6.92 Å². The Labute approximate surface area is 63.2 Å². The van der Waals surface area contributed by atoms with Crippen LogP contribution in [0.25, 0.3) is 0 Å². The van der Waals surface area contributed by atoms with Crippen LogP contribution in [0.15, 0.2) is 12.4 Å². The van der Waals surface area contributed by atoms with Crippen LogP contribution in [0.5, 0.6) is 0 Å². The van der Waals surface area contributed by atoms with Gasteiger partial charge in [0.05, 0.1) is 0 Å². The van der Waals surface area contributed by atoms with Crippen molar-refractivity contribution >= 4 is 16.9 Å². The molecule has 2 nitrogen and oxygen atoms in total. The molecule has 3 heteroatoms. The Bertz CT molecular complexity index is 183. The Morgan fingerprint density at radius 3 is 2.67 bits per heavy atom. The summed E-state index contributed by atoms with van der Waals surface area (Å²) >= 11 is 1.67. The topological polar surface area (TPSA) is 25.8 Å². The maximum atomic E-state index is 4.15. The van der Waals surface area contributed by atoms with Gasteiger partial charge in [0.2, 0.25) is 0 Å². The van der Waals surface area contributed by atoms with Crippen molar-refractivity contribution in [1.29, 1.82) is 0 Å². The predicted octanol–water partition coefficient (Wildman–Crippen LogP) is -0.0819. The van der Waals surface area contributed by atoms with Gasteiger partial charge in [-0.15, -0.1) is 0 Å². The molecule has 1 heterocycles. The van der Waals surface area contributed by atoms with E-state index in [0.717, 1.165) is 16.6 Å². The Morgan fingerprint density at radius 2 is 2.22 bits per heavy atom. The quantitative estimate of drug-likeness (QED) is 0.570. The molecule has 0 amide bonds. The van der Waals surface area contributed by atoms with Crippen molar-refractivity contribution in [1.82, 2.24) is 9.97 Å². The number of aromatic nitrogens is 2. The van der Waals surface area contributed by atoms with Gasteiger partial charge in [-0.3, -0.25) is 0 Å². The molecule has 9 heavy (non-hydrogen) atoms. The number of rotatable bonds is 1. The summed E-state index contributed by atoms with van der Waals surface area (Å²) in [5.41, 5.74) is 2.07. The first-order valence-corrected chi connectivity index (χ1v) is 4.52. The average molecular weight is 184 g/mol. The molecule has 0 radical (unpaired) electrons. The number of hydrogen-bond donors (Lipinski definition) is 0. The van der Waals surface area contributed by atoms with Crippen LogP contribution < -0.4 is 0 Å². The van der Waals surface area contributed by atoms with E-state index in [1.165, 1.54) is 0 Å². The zero-order valence-corrected chi connectivity index (χ0v) is 7.76. The van der Waals surface area contributed by atoms with E-state index < -0.39 is 0 Å². The maximum absolute atomic E-state index is 4.15. The molecule has 1 aromatic heterocycles. The number of nitrogens with zero attached hydrogens (tertiary/aromatic N) is 2. The Morgan fingerprint density at radius 1 is 1.44 bits per heavy atom. The molecule has 1 unspecified atom stereocenters. The molecule has 1 atom stereocenters. The first-order valence-electron chi connectivity index (χ1n) is 2.80. The molecule has 48 valence electrons. The Kier molecular flexibility index (Phi) is 2.23. The summed E-state index contributed by atoms with van der Waals surface area (Å²) in [6.07, 6.45) is 3.63. The summed E-state index contributed by atoms with van der Waals surface area (Å²) in [6.45, 7) is 1.94. The summed E-state index contributed by atoms with van der Waals surface area (Å²) in [5, 5.41) is 1.03. The van der Waals surface area contributed by atoms with Crippen molar-refractivity contribution in [3.8, 4) is 0 Å². The van der Waals surface area contributed by atoms with Crippen molar-refractivity contribution in [2.75, 3.05) is 0 Å². The van der Waals surface area contributed by atoms with E-state index in [1.54, 1.807) is 23.0 Å². The van der Waals surface area contributed by atoms with Gasteiger partial charge < -0.3 is 0 Å². The number of hydrogen-bond acceptors (Lipinski definition) is 2. The SMILES string of the molecule is Cc1cnc(C[AsH2])cn1. The fraction of sp³-hybridized carbons (Fsp3) is 0.333. The second-order valence-corrected chi connectivity index (χ2v) is 2.71. The molecule has 0 spiro atoms. The molecule has 0 bridgehead atoms. The van der Waals surface area contributed by atoms with E-state index in [9.17, 15) is 0 Å². The Balaban J connectivity index is 2.88. The van der Waals surface area contributed by atoms with Gasteiger partial charge in [-0.25, -0.2) is 0 Å². The van der Waals surface area contributed by atoms with E-state index in [1.807, 2.05) is 13.1 Å². The first kappa shape index (κ1) is 6.75. The van der Waals surface area contributed by atoms with E-state index in [0.29, 0.717) is 0 Å². The molecule has 0 aliphatic heterocycles. The van der Waals surface area contributed by atoms with E-state index in [-0.39, 0.29) is 0 Å². The van der Waals surface area contributed by atoms with E-state index in [4.69, 9.17) is 0 Å². The van der Waals surface area contributed by atoms with Gasteiger partial charge in [0.15, 0.2) is 0 Å². The zero-order valence-electron chi connectivity index (χ0n) is 5.33. The standard InChI is InChI=1S/C6H9AsN2/c1-5-3-9-6(2-7)4-8-5/h3-4H,2,7H2,1H3. The van der Waals surface area contributed by atoms with Crippen LogP contribution in [0.4, 0.5) is 0 Å². The first-order chi connectivity index (χ1) is 4.33. The van der Waals surface area contributed by atoms with Crippen LogP contribution in [0.1, 0.15) is 11.4 Å². The molecule has 0 aromatic carbocycles. The average Bonchev–Trinajstić information content (AvgIpc) is 1.90. The van der Waals surface area contributed by atoms with Crippen molar-refractivity contribution in [2.45, 2.75) is 12.1 Å². The third kappa shape index (κ3) is 1.79. The van der Waals surface area contributed by atoms with Gasteiger partial charge in [0, 0.05) is 0 Å². The minimum atomic E-state index is 0.986. The fourth-order valence-electron chi connectivity index (χ4n) is 0.525. The predicted molar refractivity (Wildman–Crippen MR) is 39.0 cm³/mol. The Hall–Kier alpha value is -0.362. The van der Waals surface area contributed by atoms with Crippen molar-refractivity contribution in [2.24, 2.45) is 0 Å². The van der Waals surface area contributed by atoms with Crippen molar-refractivity contribution < 1.29 is 0 Å². The van der Waals surface area contributed by atoms with Gasteiger partial charge in [-0.05, 0) is 0 Å². The summed E-state index contributed by atoms with van der Waals surface area (Å²) < 4.78 is 0. The molecule has 1 aromatic rings. The van der Waals surface area contributed by atoms with Gasteiger partial charge in [0.25, 0.3) is 0 Å². The van der Waals surface area contributed by atoms with Crippen LogP contribution in [-0.4, -0.2) is 26.8 Å². The third-order valence-corrected chi connectivity index (χ3v) is 1.92. The zero-order chi connectivity index (χ0) is 6.69. The normalized spacial score (nSPS) is 9.56. The molecule has 1 rings (SSSR count). The van der Waals surface area contributed by atoms with Gasteiger partial charge in [-0.2, -0.15) is 0 Å². The molecule has 0 fully saturated rings. The van der Waals surface area contributed by atoms with Gasteiger partial charge in [-0.1, -0.05) is 0 Å². The third-order valence-electron chi connectivity index (χ3n) is 1.04. The fourth-order valence-corrected chi connectivity index (χ4v) is 0.967. The van der Waals surface area contributed by atoms with Crippen LogP contribution in [-0.2, 0) is 5.21 Å². The second-order valence-electron chi connectivity index (χ2n) is 1.85. The second kappa shape index (κ2) is 2.97. The van der Waals surface area contributed by atoms with Crippen LogP contribution in [0.3, 0.4) is 0 Å². The van der Waals surface area contributed by atoms with E-state index >= 15 is 0 Å². The molecule has 0 aliphatic carbocycles. The molecule has 0 N–H and O–H groups in total. The molecular formula is C6H9AsN2. The summed E-state index contributed by atoms with van der Waals surface area (Å²) in [5.74, 6) is 0. The monoisotopic (exact) mass is 184 g/mol. The number of aryl methyl sites for hydroxylation is 1. The van der Waals surface area contributed by atoms with Gasteiger partial charge in [0.1, 0.15) is 0 Å². The molecule has 0 saturated heterocycles. The molecule has 0 saturated carbocycles. The van der Waals surface area contributed by atoms with Crippen molar-refractivity contribution in [3.05, 3.63) is 23.8 Å². The van der Waals surface area contributed by atoms with E-state index in [2.05, 4.69) is 9.97 Å². The van der Waals surface area contributed by atoms with Crippen LogP contribution >= 0.6 is 0 Å². The summed E-state index contributed by atoms with van der Waals surface area (Å²) in [4.78, 5) is 8.25. The summed E-state index contributed by atoms with van der Waals surface area (Å²) in [7, 11) is 0. The van der Waals surface area contributed by atoms with Crippen LogP contribution in [0.2, 0.25) is 0 Å².